The van der Waals surface area contributed by atoms with Crippen molar-refractivity contribution in [1.29, 1.82) is 0 Å². The molecule has 2 aromatic rings. The number of pyridine rings is 1. The molecular weight excluding hydrogens is 306 g/mol. The van der Waals surface area contributed by atoms with Crippen molar-refractivity contribution in [2.24, 2.45) is 0 Å². The molecule has 2 fully saturated rings. The highest BCUT2D eigenvalue weighted by Crippen LogP contribution is 2.26. The Morgan fingerprint density at radius 1 is 1.21 bits per heavy atom. The maximum Gasteiger partial charge on any atom is 0.254 e. The lowest BCUT2D eigenvalue weighted by Gasteiger charge is -2.35. The van der Waals surface area contributed by atoms with E-state index in [2.05, 4.69) is 20.1 Å². The number of aromatic nitrogens is 3. The lowest BCUT2D eigenvalue weighted by Crippen LogP contribution is -2.43. The summed E-state index contributed by atoms with van der Waals surface area (Å²) in [4.78, 5) is 21.6. The monoisotopic (exact) mass is 327 g/mol. The first-order valence-electron chi connectivity index (χ1n) is 8.42. The Morgan fingerprint density at radius 3 is 2.88 bits per heavy atom. The van der Waals surface area contributed by atoms with Crippen molar-refractivity contribution in [3.63, 3.8) is 0 Å². The first-order valence-corrected chi connectivity index (χ1v) is 8.42. The van der Waals surface area contributed by atoms with Crippen molar-refractivity contribution in [2.45, 2.75) is 18.9 Å². The van der Waals surface area contributed by atoms with Gasteiger partial charge in [0.05, 0.1) is 24.9 Å². The number of hydrogen-bond acceptors (Lipinski definition) is 5. The Hall–Kier alpha value is -2.41. The number of carbonyl (C=O) groups excluding carboxylic acids is 1. The van der Waals surface area contributed by atoms with Crippen molar-refractivity contribution >= 4 is 11.7 Å². The van der Waals surface area contributed by atoms with Crippen LogP contribution >= 0.6 is 0 Å². The van der Waals surface area contributed by atoms with Crippen LogP contribution in [0.1, 0.15) is 34.9 Å². The minimum Gasteiger partial charge on any atom is -0.377 e. The van der Waals surface area contributed by atoms with Crippen molar-refractivity contribution in [2.75, 3.05) is 37.7 Å². The van der Waals surface area contributed by atoms with Crippen molar-refractivity contribution in [3.8, 4) is 0 Å². The molecule has 7 nitrogen and oxygen atoms in total. The topological polar surface area (TPSA) is 74.3 Å². The van der Waals surface area contributed by atoms with Gasteiger partial charge in [0, 0.05) is 37.6 Å². The molecule has 4 heterocycles. The number of aromatic amines is 1. The zero-order valence-electron chi connectivity index (χ0n) is 13.5. The van der Waals surface area contributed by atoms with Gasteiger partial charge < -0.3 is 14.5 Å². The van der Waals surface area contributed by atoms with E-state index < -0.39 is 0 Å². The van der Waals surface area contributed by atoms with Crippen molar-refractivity contribution in [1.82, 2.24) is 20.1 Å². The van der Waals surface area contributed by atoms with E-state index in [1.807, 2.05) is 17.0 Å². The highest BCUT2D eigenvalue weighted by atomic mass is 16.5. The van der Waals surface area contributed by atoms with E-state index in [4.69, 9.17) is 4.74 Å². The number of hydrogen-bond donors (Lipinski definition) is 1. The van der Waals surface area contributed by atoms with E-state index in [0.717, 1.165) is 24.6 Å². The van der Waals surface area contributed by atoms with Crippen LogP contribution in [0.4, 0.5) is 5.82 Å². The fourth-order valence-electron chi connectivity index (χ4n) is 3.39. The van der Waals surface area contributed by atoms with Crippen LogP contribution in [0.2, 0.25) is 0 Å². The molecule has 1 amide bonds. The molecule has 4 rings (SSSR count). The fraction of sp³-hybridized carbons (Fsp3) is 0.471. The van der Waals surface area contributed by atoms with Crippen LogP contribution in [-0.4, -0.2) is 58.8 Å². The molecule has 0 radical (unpaired) electrons. The molecule has 2 aliphatic rings. The van der Waals surface area contributed by atoms with Gasteiger partial charge >= 0.3 is 0 Å². The Balaban J connectivity index is 1.58. The molecule has 2 aliphatic heterocycles. The van der Waals surface area contributed by atoms with Gasteiger partial charge in [-0.3, -0.25) is 9.89 Å². The summed E-state index contributed by atoms with van der Waals surface area (Å²) in [5.74, 6) is 0.908. The summed E-state index contributed by atoms with van der Waals surface area (Å²) in [5, 5.41) is 6.95. The number of rotatable bonds is 3. The number of nitrogens with zero attached hydrogens (tertiary/aromatic N) is 4. The molecule has 24 heavy (non-hydrogen) atoms. The van der Waals surface area contributed by atoms with Gasteiger partial charge in [0.25, 0.3) is 5.91 Å². The van der Waals surface area contributed by atoms with Gasteiger partial charge in [-0.25, -0.2) is 4.98 Å². The summed E-state index contributed by atoms with van der Waals surface area (Å²) < 4.78 is 5.56. The van der Waals surface area contributed by atoms with Crippen LogP contribution in [0.5, 0.6) is 0 Å². The quantitative estimate of drug-likeness (QED) is 0.927. The third-order valence-corrected chi connectivity index (χ3v) is 4.69. The van der Waals surface area contributed by atoms with E-state index in [0.29, 0.717) is 25.3 Å². The summed E-state index contributed by atoms with van der Waals surface area (Å²) in [6.07, 6.45) is 5.80. The second kappa shape index (κ2) is 6.60. The molecule has 7 heteroatoms. The number of morpholine rings is 1. The third-order valence-electron chi connectivity index (χ3n) is 4.69. The Morgan fingerprint density at radius 2 is 2.08 bits per heavy atom. The first-order chi connectivity index (χ1) is 11.8. The normalized spacial score (nSPS) is 21.2. The summed E-state index contributed by atoms with van der Waals surface area (Å²) in [7, 11) is 0. The summed E-state index contributed by atoms with van der Waals surface area (Å²) in [6, 6.07) is 5.47. The average molecular weight is 327 g/mol. The highest BCUT2D eigenvalue weighted by molar-refractivity contribution is 5.95. The van der Waals surface area contributed by atoms with E-state index in [9.17, 15) is 4.79 Å². The number of anilines is 1. The van der Waals surface area contributed by atoms with Crippen LogP contribution in [0.3, 0.4) is 0 Å². The first kappa shape index (κ1) is 15.1. The average Bonchev–Trinajstić information content (AvgIpc) is 3.35. The molecule has 1 unspecified atom stereocenters. The smallest absolute Gasteiger partial charge is 0.254 e. The van der Waals surface area contributed by atoms with Crippen molar-refractivity contribution in [3.05, 3.63) is 41.9 Å². The standard InChI is InChI=1S/C17H21N5O2/c23-17(13-3-5-18-16(11-13)21-7-1-2-8-21)22-9-10-24-12-15(22)14-4-6-19-20-14/h3-6,11,15H,1-2,7-10,12H2,(H,19,20). The second-order valence-electron chi connectivity index (χ2n) is 6.20. The molecule has 2 saturated heterocycles. The molecule has 0 aromatic carbocycles. The van der Waals surface area contributed by atoms with Crippen LogP contribution in [-0.2, 0) is 4.74 Å². The number of ether oxygens (including phenoxy) is 1. The van der Waals surface area contributed by atoms with Crippen LogP contribution in [0.25, 0.3) is 0 Å². The molecule has 0 bridgehead atoms. The van der Waals surface area contributed by atoms with Gasteiger partial charge in [0.15, 0.2) is 0 Å². The van der Waals surface area contributed by atoms with Gasteiger partial charge in [0.1, 0.15) is 5.82 Å². The summed E-state index contributed by atoms with van der Waals surface area (Å²) in [5.41, 5.74) is 1.58. The summed E-state index contributed by atoms with van der Waals surface area (Å²) >= 11 is 0. The second-order valence-corrected chi connectivity index (χ2v) is 6.20. The zero-order chi connectivity index (χ0) is 16.4. The molecule has 1 atom stereocenters. The van der Waals surface area contributed by atoms with E-state index in [1.165, 1.54) is 12.8 Å². The summed E-state index contributed by atoms with van der Waals surface area (Å²) in [6.45, 7) is 3.64. The SMILES string of the molecule is O=C(c1ccnc(N2CCCC2)c1)N1CCOCC1c1ccn[nH]1. The van der Waals surface area contributed by atoms with Gasteiger partial charge in [-0.1, -0.05) is 0 Å². The van der Waals surface area contributed by atoms with Gasteiger partial charge in [-0.15, -0.1) is 0 Å². The highest BCUT2D eigenvalue weighted by Gasteiger charge is 2.30. The maximum atomic E-state index is 13.1. The van der Waals surface area contributed by atoms with Crippen molar-refractivity contribution < 1.29 is 9.53 Å². The Labute approximate surface area is 140 Å². The lowest BCUT2D eigenvalue weighted by atomic mass is 10.1. The molecule has 0 saturated carbocycles. The molecule has 0 aliphatic carbocycles. The Bertz CT molecular complexity index is 697. The Kier molecular flexibility index (Phi) is 4.17. The van der Waals surface area contributed by atoms with E-state index in [-0.39, 0.29) is 11.9 Å². The van der Waals surface area contributed by atoms with E-state index >= 15 is 0 Å². The molecule has 2 aromatic heterocycles. The predicted octanol–water partition coefficient (Wildman–Crippen LogP) is 1.62. The molecule has 1 N–H and O–H groups in total. The van der Waals surface area contributed by atoms with E-state index in [1.54, 1.807) is 18.5 Å². The fourth-order valence-corrected chi connectivity index (χ4v) is 3.39. The lowest BCUT2D eigenvalue weighted by molar-refractivity contribution is -0.00391. The number of amides is 1. The molecule has 126 valence electrons. The number of carbonyl (C=O) groups is 1. The third kappa shape index (κ3) is 2.87. The van der Waals surface area contributed by atoms with Gasteiger partial charge in [0.2, 0.25) is 0 Å². The zero-order valence-corrected chi connectivity index (χ0v) is 13.5. The van der Waals surface area contributed by atoms with Crippen LogP contribution in [0, 0.1) is 0 Å². The largest absolute Gasteiger partial charge is 0.377 e. The van der Waals surface area contributed by atoms with Crippen LogP contribution in [0.15, 0.2) is 30.6 Å². The van der Waals surface area contributed by atoms with Gasteiger partial charge in [-0.2, -0.15) is 5.10 Å². The molecule has 0 spiro atoms. The number of H-pyrrole nitrogens is 1. The minimum atomic E-state index is -0.128. The van der Waals surface area contributed by atoms with Crippen LogP contribution < -0.4 is 4.90 Å². The molecular formula is C17H21N5O2. The number of nitrogens with one attached hydrogen (secondary N) is 1. The van der Waals surface area contributed by atoms with Gasteiger partial charge in [-0.05, 0) is 31.0 Å². The predicted molar refractivity (Wildman–Crippen MR) is 88.9 cm³/mol. The maximum absolute atomic E-state index is 13.1. The minimum absolute atomic E-state index is 0.0146.